The summed E-state index contributed by atoms with van der Waals surface area (Å²) in [7, 11) is 0. The normalized spacial score (nSPS) is 15.6. The molecule has 0 N–H and O–H groups in total. The summed E-state index contributed by atoms with van der Waals surface area (Å²) in [6.07, 6.45) is -2.04. The topological polar surface area (TPSA) is 32.3 Å². The Balaban J connectivity index is 1.46. The van der Waals surface area contributed by atoms with E-state index in [1.54, 1.807) is 18.3 Å². The summed E-state index contributed by atoms with van der Waals surface area (Å²) in [5.41, 5.74) is 1.71. The van der Waals surface area contributed by atoms with Crippen molar-refractivity contribution in [3.8, 4) is 11.1 Å². The van der Waals surface area contributed by atoms with Gasteiger partial charge in [-0.15, -0.1) is 0 Å². The second kappa shape index (κ2) is 9.31. The molecule has 0 atom stereocenters. The van der Waals surface area contributed by atoms with Gasteiger partial charge >= 0.3 is 6.18 Å². The second-order valence-corrected chi connectivity index (χ2v) is 9.12. The lowest BCUT2D eigenvalue weighted by molar-refractivity contribution is -0.140. The standard InChI is InChI=1S/C25H22F4N4S/c26-19-4-1-3-17(13-19)15-32-8-2-9-33(11-10-32)24-20-5-6-22(25(27,28)29)31-23(20)21(14-30-24)18-7-12-34-16-18/h1,3-7,12-14,16H,2,8-11,15H2. The third-order valence-corrected chi connectivity index (χ3v) is 6.70. The molecule has 4 nitrogen and oxygen atoms in total. The molecular weight excluding hydrogens is 464 g/mol. The van der Waals surface area contributed by atoms with Gasteiger partial charge in [-0.1, -0.05) is 12.1 Å². The van der Waals surface area contributed by atoms with Crippen LogP contribution in [0.15, 0.2) is 59.4 Å². The predicted octanol–water partition coefficient (Wildman–Crippen LogP) is 6.23. The van der Waals surface area contributed by atoms with Crippen LogP contribution in [-0.4, -0.2) is 41.0 Å². The highest BCUT2D eigenvalue weighted by molar-refractivity contribution is 7.08. The molecule has 1 aromatic carbocycles. The number of halogens is 4. The van der Waals surface area contributed by atoms with E-state index in [0.29, 0.717) is 35.4 Å². The van der Waals surface area contributed by atoms with Gasteiger partial charge in [0.15, 0.2) is 0 Å². The van der Waals surface area contributed by atoms with Crippen LogP contribution in [0.25, 0.3) is 22.0 Å². The van der Waals surface area contributed by atoms with Gasteiger partial charge in [-0.05, 0) is 58.6 Å². The van der Waals surface area contributed by atoms with Crippen LogP contribution in [0.3, 0.4) is 0 Å². The molecule has 9 heteroatoms. The zero-order valence-electron chi connectivity index (χ0n) is 18.2. The number of hydrogen-bond donors (Lipinski definition) is 0. The number of nitrogens with zero attached hydrogens (tertiary/aromatic N) is 4. The Hall–Kier alpha value is -3.04. The molecule has 5 rings (SSSR count). The van der Waals surface area contributed by atoms with Crippen LogP contribution < -0.4 is 4.90 Å². The molecule has 0 spiro atoms. The van der Waals surface area contributed by atoms with E-state index < -0.39 is 11.9 Å². The van der Waals surface area contributed by atoms with Crippen LogP contribution >= 0.6 is 11.3 Å². The van der Waals surface area contributed by atoms with Crippen molar-refractivity contribution in [2.75, 3.05) is 31.1 Å². The van der Waals surface area contributed by atoms with Gasteiger partial charge in [0.05, 0.1) is 5.52 Å². The third kappa shape index (κ3) is 4.76. The number of rotatable bonds is 4. The molecule has 34 heavy (non-hydrogen) atoms. The van der Waals surface area contributed by atoms with Gasteiger partial charge in [0.2, 0.25) is 0 Å². The predicted molar refractivity (Wildman–Crippen MR) is 126 cm³/mol. The molecule has 4 heterocycles. The van der Waals surface area contributed by atoms with Crippen molar-refractivity contribution >= 4 is 28.1 Å². The largest absolute Gasteiger partial charge is 0.433 e. The minimum absolute atomic E-state index is 0.249. The smallest absolute Gasteiger partial charge is 0.355 e. The van der Waals surface area contributed by atoms with Crippen LogP contribution in [0.2, 0.25) is 0 Å². The molecule has 0 amide bonds. The van der Waals surface area contributed by atoms with E-state index in [4.69, 9.17) is 0 Å². The number of aromatic nitrogens is 2. The number of hydrogen-bond acceptors (Lipinski definition) is 5. The average Bonchev–Trinajstić information content (AvgIpc) is 3.24. The van der Waals surface area contributed by atoms with Crippen molar-refractivity contribution in [3.05, 3.63) is 76.5 Å². The molecule has 1 saturated heterocycles. The monoisotopic (exact) mass is 486 g/mol. The SMILES string of the molecule is Fc1cccc(CN2CCCN(c3ncc(-c4ccsc4)c4nc(C(F)(F)F)ccc34)CC2)c1. The zero-order chi connectivity index (χ0) is 23.7. The molecule has 0 bridgehead atoms. The lowest BCUT2D eigenvalue weighted by Crippen LogP contribution is -2.31. The van der Waals surface area contributed by atoms with Crippen LogP contribution in [0.1, 0.15) is 17.7 Å². The van der Waals surface area contributed by atoms with E-state index >= 15 is 0 Å². The van der Waals surface area contributed by atoms with E-state index in [2.05, 4.69) is 19.8 Å². The molecule has 176 valence electrons. The quantitative estimate of drug-likeness (QED) is 0.320. The van der Waals surface area contributed by atoms with Crippen molar-refractivity contribution < 1.29 is 17.6 Å². The first-order valence-electron chi connectivity index (χ1n) is 11.0. The number of pyridine rings is 2. The van der Waals surface area contributed by atoms with Crippen molar-refractivity contribution in [2.45, 2.75) is 19.1 Å². The fourth-order valence-electron chi connectivity index (χ4n) is 4.37. The minimum Gasteiger partial charge on any atom is -0.355 e. The number of anilines is 1. The lowest BCUT2D eigenvalue weighted by atomic mass is 10.1. The zero-order valence-corrected chi connectivity index (χ0v) is 19.0. The van der Waals surface area contributed by atoms with Crippen molar-refractivity contribution in [3.63, 3.8) is 0 Å². The number of thiophene rings is 1. The maximum atomic E-state index is 13.6. The maximum Gasteiger partial charge on any atom is 0.433 e. The Morgan fingerprint density at radius 1 is 1.00 bits per heavy atom. The summed E-state index contributed by atoms with van der Waals surface area (Å²) in [6, 6.07) is 11.0. The maximum absolute atomic E-state index is 13.6. The van der Waals surface area contributed by atoms with Gasteiger partial charge in [0.1, 0.15) is 17.3 Å². The molecule has 1 fully saturated rings. The van der Waals surface area contributed by atoms with E-state index in [-0.39, 0.29) is 5.82 Å². The highest BCUT2D eigenvalue weighted by Gasteiger charge is 2.33. The molecule has 0 saturated carbocycles. The number of benzene rings is 1. The summed E-state index contributed by atoms with van der Waals surface area (Å²) in [6.45, 7) is 3.61. The molecule has 4 aromatic rings. The van der Waals surface area contributed by atoms with Crippen molar-refractivity contribution in [2.24, 2.45) is 0 Å². The van der Waals surface area contributed by atoms with Gasteiger partial charge in [0.25, 0.3) is 0 Å². The van der Waals surface area contributed by atoms with E-state index in [9.17, 15) is 17.6 Å². The summed E-state index contributed by atoms with van der Waals surface area (Å²) in [4.78, 5) is 13.1. The van der Waals surface area contributed by atoms with Gasteiger partial charge in [0, 0.05) is 49.9 Å². The molecule has 0 aliphatic carbocycles. The van der Waals surface area contributed by atoms with Crippen LogP contribution in [-0.2, 0) is 12.7 Å². The number of alkyl halides is 3. The van der Waals surface area contributed by atoms with Gasteiger partial charge in [-0.2, -0.15) is 24.5 Å². The van der Waals surface area contributed by atoms with Crippen LogP contribution in [0, 0.1) is 5.82 Å². The summed E-state index contributed by atoms with van der Waals surface area (Å²) in [5, 5.41) is 4.37. The highest BCUT2D eigenvalue weighted by Crippen LogP contribution is 2.36. The first-order valence-corrected chi connectivity index (χ1v) is 11.9. The van der Waals surface area contributed by atoms with Crippen molar-refractivity contribution in [1.82, 2.24) is 14.9 Å². The second-order valence-electron chi connectivity index (χ2n) is 8.34. The van der Waals surface area contributed by atoms with E-state index in [0.717, 1.165) is 43.2 Å². The number of fused-ring (bicyclic) bond motifs is 1. The van der Waals surface area contributed by atoms with Gasteiger partial charge < -0.3 is 4.90 Å². The fraction of sp³-hybridized carbons (Fsp3) is 0.280. The van der Waals surface area contributed by atoms with E-state index in [1.807, 2.05) is 22.9 Å². The molecule has 0 unspecified atom stereocenters. The lowest BCUT2D eigenvalue weighted by Gasteiger charge is -2.24. The fourth-order valence-corrected chi connectivity index (χ4v) is 5.03. The summed E-state index contributed by atoms with van der Waals surface area (Å²) >= 11 is 1.47. The summed E-state index contributed by atoms with van der Waals surface area (Å²) < 4.78 is 53.9. The summed E-state index contributed by atoms with van der Waals surface area (Å²) in [5.74, 6) is 0.392. The van der Waals surface area contributed by atoms with Crippen molar-refractivity contribution in [1.29, 1.82) is 0 Å². The molecule has 1 aliphatic heterocycles. The van der Waals surface area contributed by atoms with Gasteiger partial charge in [-0.3, -0.25) is 4.90 Å². The van der Waals surface area contributed by atoms with E-state index in [1.165, 1.54) is 23.5 Å². The molecule has 0 radical (unpaired) electrons. The molecule has 1 aliphatic rings. The minimum atomic E-state index is -4.52. The Morgan fingerprint density at radius 2 is 1.88 bits per heavy atom. The Kier molecular flexibility index (Phi) is 6.22. The average molecular weight is 487 g/mol. The van der Waals surface area contributed by atoms with Crippen LogP contribution in [0.4, 0.5) is 23.4 Å². The molecule has 3 aromatic heterocycles. The van der Waals surface area contributed by atoms with Crippen LogP contribution in [0.5, 0.6) is 0 Å². The Labute approximate surface area is 198 Å². The Morgan fingerprint density at radius 3 is 2.65 bits per heavy atom. The Bertz CT molecular complexity index is 1290. The first-order chi connectivity index (χ1) is 16.4. The third-order valence-electron chi connectivity index (χ3n) is 6.01. The van der Waals surface area contributed by atoms with Gasteiger partial charge in [-0.25, -0.2) is 14.4 Å². The highest BCUT2D eigenvalue weighted by atomic mass is 32.1. The molecular formula is C25H22F4N4S. The first kappa shape index (κ1) is 22.7.